The number of fused-ring (bicyclic) bond motifs is 1. The average molecular weight is 717 g/mol. The fourth-order valence-electron chi connectivity index (χ4n) is 6.65. The second-order valence-electron chi connectivity index (χ2n) is 12.7. The van der Waals surface area contributed by atoms with E-state index in [1.807, 2.05) is 30.3 Å². The number of amides is 3. The van der Waals surface area contributed by atoms with Crippen LogP contribution in [0.25, 0.3) is 0 Å². The third-order valence-corrected chi connectivity index (χ3v) is 10.2. The first-order valence-electron chi connectivity index (χ1n) is 16.8. The number of hydrogen-bond donors (Lipinski definition) is 2. The number of nitrogens with zero attached hydrogens (tertiary/aromatic N) is 4. The molecule has 2 saturated heterocycles. The van der Waals surface area contributed by atoms with Gasteiger partial charge in [0.15, 0.2) is 0 Å². The number of ketones is 1. The molecule has 2 aromatic rings. The van der Waals surface area contributed by atoms with E-state index in [1.54, 1.807) is 6.07 Å². The second kappa shape index (κ2) is 17.2. The molecule has 2 N–H and O–H groups in total. The Morgan fingerprint density at radius 1 is 0.878 bits per heavy atom. The minimum atomic E-state index is -1.19. The van der Waals surface area contributed by atoms with Crippen LogP contribution in [0.3, 0.4) is 0 Å². The molecule has 0 bridgehead atoms. The molecule has 5 rings (SSSR count). The average Bonchev–Trinajstić information content (AvgIpc) is 3.08. The Morgan fingerprint density at radius 3 is 2.27 bits per heavy atom. The van der Waals surface area contributed by atoms with Gasteiger partial charge in [0.05, 0.1) is 22.3 Å². The summed E-state index contributed by atoms with van der Waals surface area (Å²) in [4.78, 5) is 68.3. The van der Waals surface area contributed by atoms with E-state index in [2.05, 4.69) is 15.1 Å². The number of rotatable bonds is 13. The molecule has 49 heavy (non-hydrogen) atoms. The maximum atomic E-state index is 12.7. The van der Waals surface area contributed by atoms with Crippen molar-refractivity contribution < 1.29 is 33.8 Å². The molecule has 2 heterocycles. The molecule has 0 saturated carbocycles. The van der Waals surface area contributed by atoms with Crippen LogP contribution in [0.2, 0.25) is 10.0 Å². The minimum Gasteiger partial charge on any atom is -0.494 e. The Morgan fingerprint density at radius 2 is 1.57 bits per heavy atom. The third-order valence-electron chi connectivity index (χ3n) is 9.34. The third kappa shape index (κ3) is 10.1. The summed E-state index contributed by atoms with van der Waals surface area (Å²) in [5.41, 5.74) is 2.88. The fraction of sp³-hybridized carbons (Fsp3) is 0.514. The molecule has 2 fully saturated rings. The lowest BCUT2D eigenvalue weighted by atomic mass is 9.82. The number of Topliss-reactive ketones (excluding diaryl/α,β-unsaturated/α-hetero) is 1. The molecule has 3 aliphatic rings. The molecule has 0 spiro atoms. The van der Waals surface area contributed by atoms with Crippen molar-refractivity contribution in [3.63, 3.8) is 0 Å². The lowest BCUT2D eigenvalue weighted by Gasteiger charge is -2.36. The van der Waals surface area contributed by atoms with E-state index in [1.165, 1.54) is 9.80 Å². The number of halogens is 2. The molecular weight excluding hydrogens is 673 g/mol. The van der Waals surface area contributed by atoms with Gasteiger partial charge < -0.3 is 29.9 Å². The number of ether oxygens (including phenoxy) is 1. The number of unbranched alkanes of at least 4 members (excludes halogenated alkanes) is 1. The molecular formula is C35H43Cl2N5O7. The zero-order chi connectivity index (χ0) is 34.9. The van der Waals surface area contributed by atoms with Crippen LogP contribution in [0.4, 0.5) is 5.69 Å². The van der Waals surface area contributed by atoms with Gasteiger partial charge in [-0.2, -0.15) is 0 Å². The van der Waals surface area contributed by atoms with Gasteiger partial charge >= 0.3 is 5.97 Å². The minimum absolute atomic E-state index is 0.0908. The van der Waals surface area contributed by atoms with Crippen LogP contribution < -0.4 is 15.0 Å². The van der Waals surface area contributed by atoms with Crippen molar-refractivity contribution in [3.05, 3.63) is 57.6 Å². The van der Waals surface area contributed by atoms with Gasteiger partial charge in [0.1, 0.15) is 24.4 Å². The number of benzene rings is 2. The van der Waals surface area contributed by atoms with Gasteiger partial charge in [-0.3, -0.25) is 28.9 Å². The number of carboxylic acid groups (broad SMARTS) is 1. The standard InChI is InChI=1S/C35H43Cl2N5O7/c36-29-4-3-5-30(35(29)37)40-11-9-39(10-12-40)8-1-2-17-49-27-6-7-28-24(20-27)18-26(43)19-25(28)23-38-31(44)21-32(45)41-13-15-42(16-14-41)33(46)22-34(47)48/h3-7,20,25H,1-2,8-19,21-23H2,(H,38,44)(H,47,48). The number of carboxylic acids is 1. The summed E-state index contributed by atoms with van der Waals surface area (Å²) in [6, 6.07) is 11.5. The monoisotopic (exact) mass is 715 g/mol. The van der Waals surface area contributed by atoms with Crippen molar-refractivity contribution >= 4 is 58.4 Å². The van der Waals surface area contributed by atoms with Gasteiger partial charge in [-0.1, -0.05) is 35.3 Å². The van der Waals surface area contributed by atoms with Crippen LogP contribution in [-0.4, -0.2) is 121 Å². The van der Waals surface area contributed by atoms with Crippen LogP contribution in [-0.2, 0) is 30.4 Å². The molecule has 12 nitrogen and oxygen atoms in total. The number of anilines is 1. The molecule has 1 atom stereocenters. The van der Waals surface area contributed by atoms with E-state index in [4.69, 9.17) is 33.0 Å². The lowest BCUT2D eigenvalue weighted by molar-refractivity contribution is -0.147. The van der Waals surface area contributed by atoms with Crippen LogP contribution in [0.15, 0.2) is 36.4 Å². The quantitative estimate of drug-likeness (QED) is 0.236. The first kappa shape index (κ1) is 36.4. The largest absolute Gasteiger partial charge is 0.494 e. The first-order valence-corrected chi connectivity index (χ1v) is 17.6. The number of carbonyl (C=O) groups is 5. The summed E-state index contributed by atoms with van der Waals surface area (Å²) in [6.07, 6.45) is 1.63. The Bertz CT molecular complexity index is 1540. The zero-order valence-electron chi connectivity index (χ0n) is 27.5. The predicted octanol–water partition coefficient (Wildman–Crippen LogP) is 3.23. The van der Waals surface area contributed by atoms with Gasteiger partial charge in [0.25, 0.3) is 0 Å². The highest BCUT2D eigenvalue weighted by molar-refractivity contribution is 6.43. The summed E-state index contributed by atoms with van der Waals surface area (Å²) < 4.78 is 6.04. The highest BCUT2D eigenvalue weighted by Crippen LogP contribution is 2.34. The second-order valence-corrected chi connectivity index (χ2v) is 13.5. The Kier molecular flexibility index (Phi) is 12.8. The Balaban J connectivity index is 1.00. The van der Waals surface area contributed by atoms with Gasteiger partial charge in [-0.15, -0.1) is 0 Å². The van der Waals surface area contributed by atoms with Crippen molar-refractivity contribution in [3.8, 4) is 5.75 Å². The van der Waals surface area contributed by atoms with Crippen molar-refractivity contribution in [2.24, 2.45) is 0 Å². The number of aliphatic carboxylic acids is 1. The van der Waals surface area contributed by atoms with E-state index in [0.717, 1.165) is 68.1 Å². The summed E-state index contributed by atoms with van der Waals surface area (Å²) in [6.45, 7) is 6.45. The summed E-state index contributed by atoms with van der Waals surface area (Å²) in [5, 5.41) is 12.8. The normalized spacial score (nSPS) is 18.2. The summed E-state index contributed by atoms with van der Waals surface area (Å²) in [5.74, 6) is -1.85. The van der Waals surface area contributed by atoms with Crippen LogP contribution >= 0.6 is 23.2 Å². The van der Waals surface area contributed by atoms with Crippen LogP contribution in [0.5, 0.6) is 5.75 Å². The van der Waals surface area contributed by atoms with Gasteiger partial charge in [-0.25, -0.2) is 0 Å². The Labute approximate surface area is 296 Å². The maximum Gasteiger partial charge on any atom is 0.312 e. The number of nitrogens with one attached hydrogen (secondary N) is 1. The van der Waals surface area contributed by atoms with E-state index in [9.17, 15) is 24.0 Å². The Hall–Kier alpha value is -3.87. The van der Waals surface area contributed by atoms with E-state index in [0.29, 0.717) is 29.5 Å². The van der Waals surface area contributed by atoms with Crippen molar-refractivity contribution in [2.45, 2.75) is 44.4 Å². The van der Waals surface area contributed by atoms with Crippen LogP contribution in [0.1, 0.15) is 49.1 Å². The molecule has 1 unspecified atom stereocenters. The molecule has 0 radical (unpaired) electrons. The van der Waals surface area contributed by atoms with E-state index in [-0.39, 0.29) is 56.8 Å². The zero-order valence-corrected chi connectivity index (χ0v) is 29.0. The number of hydrogen-bond acceptors (Lipinski definition) is 8. The molecule has 14 heteroatoms. The lowest BCUT2D eigenvalue weighted by Crippen LogP contribution is -2.51. The maximum absolute atomic E-state index is 12.7. The van der Waals surface area contributed by atoms with E-state index >= 15 is 0 Å². The van der Waals surface area contributed by atoms with Gasteiger partial charge in [0.2, 0.25) is 17.7 Å². The topological polar surface area (TPSA) is 140 Å². The molecule has 2 aromatic carbocycles. The molecule has 264 valence electrons. The highest BCUT2D eigenvalue weighted by atomic mass is 35.5. The molecule has 0 aromatic heterocycles. The van der Waals surface area contributed by atoms with Crippen molar-refractivity contribution in [1.29, 1.82) is 0 Å². The molecule has 2 aliphatic heterocycles. The highest BCUT2D eigenvalue weighted by Gasteiger charge is 2.29. The fourth-order valence-corrected chi connectivity index (χ4v) is 7.06. The molecule has 1 aliphatic carbocycles. The summed E-state index contributed by atoms with van der Waals surface area (Å²) >= 11 is 12.6. The van der Waals surface area contributed by atoms with Crippen LogP contribution in [0, 0.1) is 0 Å². The van der Waals surface area contributed by atoms with Gasteiger partial charge in [-0.05, 0) is 54.8 Å². The van der Waals surface area contributed by atoms with Crippen molar-refractivity contribution in [2.75, 3.05) is 77.0 Å². The SMILES string of the molecule is O=C(O)CC(=O)N1CCN(C(=O)CC(=O)NCC2CC(=O)Cc3cc(OCCCCN4CCN(c5cccc(Cl)c5Cl)CC4)ccc32)CC1. The smallest absolute Gasteiger partial charge is 0.312 e. The molecule has 3 amide bonds. The number of carbonyl (C=O) groups excluding carboxylic acids is 4. The number of piperazine rings is 2. The predicted molar refractivity (Wildman–Crippen MR) is 185 cm³/mol. The summed E-state index contributed by atoms with van der Waals surface area (Å²) in [7, 11) is 0. The van der Waals surface area contributed by atoms with Gasteiger partial charge in [0, 0.05) is 77.7 Å². The first-order chi connectivity index (χ1) is 23.6. The van der Waals surface area contributed by atoms with E-state index < -0.39 is 24.2 Å². The van der Waals surface area contributed by atoms with Crippen molar-refractivity contribution in [1.82, 2.24) is 20.0 Å².